The minimum Gasteiger partial charge on any atom is -0.231 e. The second-order valence-corrected chi connectivity index (χ2v) is 7.08. The summed E-state index contributed by atoms with van der Waals surface area (Å²) >= 11 is 1.82. The first kappa shape index (κ1) is 20.6. The van der Waals surface area contributed by atoms with Crippen molar-refractivity contribution in [3.63, 3.8) is 0 Å². The molecule has 3 rings (SSSR count). The summed E-state index contributed by atoms with van der Waals surface area (Å²) in [5.41, 5.74) is -2.24. The van der Waals surface area contributed by atoms with Gasteiger partial charge in [0, 0.05) is 5.56 Å². The van der Waals surface area contributed by atoms with Crippen LogP contribution in [0.25, 0.3) is 11.3 Å². The number of hydrogen-bond donors (Lipinski definition) is 0. The highest BCUT2D eigenvalue weighted by Crippen LogP contribution is 2.39. The smallest absolute Gasteiger partial charge is 0.231 e. The van der Waals surface area contributed by atoms with Gasteiger partial charge in [-0.25, -0.2) is 4.68 Å². The van der Waals surface area contributed by atoms with Gasteiger partial charge in [-0.15, -0.1) is 5.10 Å². The molecule has 0 N–H and O–H groups in total. The third-order valence-electron chi connectivity index (χ3n) is 4.15. The topological polar surface area (TPSA) is 30.7 Å². The molecule has 0 spiro atoms. The van der Waals surface area contributed by atoms with Crippen molar-refractivity contribution in [2.45, 2.75) is 25.3 Å². The van der Waals surface area contributed by atoms with E-state index < -0.39 is 23.5 Å². The lowest BCUT2D eigenvalue weighted by Crippen LogP contribution is -2.11. The second-order valence-electron chi connectivity index (χ2n) is 6.05. The van der Waals surface area contributed by atoms with E-state index in [4.69, 9.17) is 0 Å². The maximum atomic E-state index is 13.1. The molecule has 2 aromatic carbocycles. The summed E-state index contributed by atoms with van der Waals surface area (Å²) in [6.07, 6.45) is -9.84. The van der Waals surface area contributed by atoms with Crippen LogP contribution in [-0.2, 0) is 12.4 Å². The van der Waals surface area contributed by atoms with Gasteiger partial charge in [-0.05, 0) is 53.3 Å². The Morgan fingerprint density at radius 2 is 1.43 bits per heavy atom. The lowest BCUT2D eigenvalue weighted by atomic mass is 10.0. The van der Waals surface area contributed by atoms with Crippen molar-refractivity contribution in [2.24, 2.45) is 0 Å². The number of rotatable bonds is 3. The van der Waals surface area contributed by atoms with Crippen LogP contribution in [0.15, 0.2) is 48.5 Å². The van der Waals surface area contributed by atoms with Crippen LogP contribution in [0.2, 0.25) is 0 Å². The molecular formula is C18H12F6IN3. The first-order chi connectivity index (χ1) is 13.0. The predicted molar refractivity (Wildman–Crippen MR) is 98.4 cm³/mol. The predicted octanol–water partition coefficient (Wildman–Crippen LogP) is 6.20. The summed E-state index contributed by atoms with van der Waals surface area (Å²) in [5.74, 6) is 0. The first-order valence-electron chi connectivity index (χ1n) is 7.94. The van der Waals surface area contributed by atoms with Crippen LogP contribution in [0.4, 0.5) is 26.3 Å². The fourth-order valence-corrected chi connectivity index (χ4v) is 3.60. The van der Waals surface area contributed by atoms with Crippen LogP contribution >= 0.6 is 22.6 Å². The van der Waals surface area contributed by atoms with Gasteiger partial charge in [0.15, 0.2) is 0 Å². The Hall–Kier alpha value is -2.11. The SMILES string of the molecule is CC(c1ccccc1)n1nnc(-c2cc(C(F)(F)F)cc(C(F)(F)F)c2)c1I. The molecule has 3 nitrogen and oxygen atoms in total. The number of hydrogen-bond acceptors (Lipinski definition) is 2. The largest absolute Gasteiger partial charge is 0.416 e. The Kier molecular flexibility index (Phi) is 5.43. The van der Waals surface area contributed by atoms with Crippen LogP contribution in [0, 0.1) is 3.70 Å². The zero-order chi connectivity index (χ0) is 20.7. The maximum Gasteiger partial charge on any atom is 0.416 e. The zero-order valence-corrected chi connectivity index (χ0v) is 16.3. The van der Waals surface area contributed by atoms with Crippen molar-refractivity contribution in [3.05, 3.63) is 68.9 Å². The van der Waals surface area contributed by atoms with Gasteiger partial charge in [0.05, 0.1) is 17.2 Å². The molecule has 28 heavy (non-hydrogen) atoms. The quantitative estimate of drug-likeness (QED) is 0.310. The summed E-state index contributed by atoms with van der Waals surface area (Å²) in [6, 6.07) is 10.2. The van der Waals surface area contributed by atoms with Crippen molar-refractivity contribution in [2.75, 3.05) is 0 Å². The summed E-state index contributed by atoms with van der Waals surface area (Å²) in [5, 5.41) is 7.80. The molecule has 0 aliphatic rings. The highest BCUT2D eigenvalue weighted by molar-refractivity contribution is 14.1. The average Bonchev–Trinajstić information content (AvgIpc) is 3.01. The van der Waals surface area contributed by atoms with E-state index >= 15 is 0 Å². The Morgan fingerprint density at radius 1 is 0.893 bits per heavy atom. The van der Waals surface area contributed by atoms with Gasteiger partial charge in [0.2, 0.25) is 0 Å². The average molecular weight is 511 g/mol. The molecule has 1 unspecified atom stereocenters. The summed E-state index contributed by atoms with van der Waals surface area (Å²) in [6.45, 7) is 1.81. The van der Waals surface area contributed by atoms with Gasteiger partial charge in [0.25, 0.3) is 0 Å². The molecule has 0 aliphatic carbocycles. The van der Waals surface area contributed by atoms with E-state index in [1.807, 2.05) is 59.8 Å². The molecular weight excluding hydrogens is 499 g/mol. The fraction of sp³-hybridized carbons (Fsp3) is 0.222. The minimum absolute atomic E-state index is 0.0417. The number of halogens is 7. The Balaban J connectivity index is 2.11. The molecule has 0 bridgehead atoms. The molecule has 1 atom stereocenters. The fourth-order valence-electron chi connectivity index (χ4n) is 2.67. The molecule has 0 saturated heterocycles. The van der Waals surface area contributed by atoms with E-state index in [1.54, 1.807) is 0 Å². The van der Waals surface area contributed by atoms with Gasteiger partial charge in [-0.1, -0.05) is 35.5 Å². The van der Waals surface area contributed by atoms with Gasteiger partial charge < -0.3 is 0 Å². The molecule has 0 amide bonds. The number of benzene rings is 2. The minimum atomic E-state index is -4.92. The van der Waals surface area contributed by atoms with E-state index in [1.165, 1.54) is 4.68 Å². The first-order valence-corrected chi connectivity index (χ1v) is 9.02. The summed E-state index contributed by atoms with van der Waals surface area (Å²) in [4.78, 5) is 0. The molecule has 3 aromatic rings. The number of nitrogens with zero attached hydrogens (tertiary/aromatic N) is 3. The number of aromatic nitrogens is 3. The van der Waals surface area contributed by atoms with E-state index in [0.29, 0.717) is 15.8 Å². The maximum absolute atomic E-state index is 13.1. The highest BCUT2D eigenvalue weighted by Gasteiger charge is 2.37. The second kappa shape index (κ2) is 7.37. The molecule has 0 saturated carbocycles. The van der Waals surface area contributed by atoms with Crippen molar-refractivity contribution in [3.8, 4) is 11.3 Å². The van der Waals surface area contributed by atoms with E-state index in [-0.39, 0.29) is 23.4 Å². The zero-order valence-electron chi connectivity index (χ0n) is 14.2. The van der Waals surface area contributed by atoms with Crippen molar-refractivity contribution < 1.29 is 26.3 Å². The Bertz CT molecular complexity index is 947. The van der Waals surface area contributed by atoms with Gasteiger partial charge in [-0.2, -0.15) is 26.3 Å². The third kappa shape index (κ3) is 4.15. The Morgan fingerprint density at radius 3 is 1.93 bits per heavy atom. The van der Waals surface area contributed by atoms with Crippen molar-refractivity contribution in [1.82, 2.24) is 15.0 Å². The molecule has 0 radical (unpaired) electrons. The molecule has 0 aliphatic heterocycles. The monoisotopic (exact) mass is 511 g/mol. The third-order valence-corrected chi connectivity index (χ3v) is 5.15. The number of alkyl halides is 6. The van der Waals surface area contributed by atoms with Gasteiger partial charge in [-0.3, -0.25) is 0 Å². The van der Waals surface area contributed by atoms with Crippen LogP contribution in [-0.4, -0.2) is 15.0 Å². The van der Waals surface area contributed by atoms with Crippen LogP contribution in [0.1, 0.15) is 29.7 Å². The van der Waals surface area contributed by atoms with E-state index in [0.717, 1.165) is 5.56 Å². The summed E-state index contributed by atoms with van der Waals surface area (Å²) in [7, 11) is 0. The summed E-state index contributed by atoms with van der Waals surface area (Å²) < 4.78 is 80.4. The molecule has 148 valence electrons. The molecule has 1 aromatic heterocycles. The molecule has 10 heteroatoms. The van der Waals surface area contributed by atoms with E-state index in [2.05, 4.69) is 10.3 Å². The van der Waals surface area contributed by atoms with Crippen molar-refractivity contribution >= 4 is 22.6 Å². The lowest BCUT2D eigenvalue weighted by Gasteiger charge is -2.14. The molecule has 0 fully saturated rings. The van der Waals surface area contributed by atoms with Gasteiger partial charge >= 0.3 is 12.4 Å². The van der Waals surface area contributed by atoms with Crippen molar-refractivity contribution in [1.29, 1.82) is 0 Å². The molecule has 1 heterocycles. The Labute approximate surface area is 169 Å². The lowest BCUT2D eigenvalue weighted by molar-refractivity contribution is -0.143. The van der Waals surface area contributed by atoms with Crippen LogP contribution < -0.4 is 0 Å². The standard InChI is InChI=1S/C18H12F6IN3/c1-10(11-5-3-2-4-6-11)28-16(25)15(26-27-28)12-7-13(17(19,20)21)9-14(8-12)18(22,23)24/h2-10H,1H3. The van der Waals surface area contributed by atoms with Gasteiger partial charge in [0.1, 0.15) is 9.39 Å². The normalized spacial score (nSPS) is 13.6. The van der Waals surface area contributed by atoms with E-state index in [9.17, 15) is 26.3 Å². The highest BCUT2D eigenvalue weighted by atomic mass is 127. The van der Waals surface area contributed by atoms with Crippen LogP contribution in [0.3, 0.4) is 0 Å². The van der Waals surface area contributed by atoms with Crippen LogP contribution in [0.5, 0.6) is 0 Å².